The van der Waals surface area contributed by atoms with Gasteiger partial charge in [-0.3, -0.25) is 4.90 Å². The van der Waals surface area contributed by atoms with Crippen molar-refractivity contribution in [2.24, 2.45) is 16.8 Å². The number of nitrogens with two attached hydrogens (primary N) is 1. The molecule has 1 aromatic rings. The first-order valence-electron chi connectivity index (χ1n) is 6.24. The Bertz CT molecular complexity index is 473. The van der Waals surface area contributed by atoms with Gasteiger partial charge in [-0.25, -0.2) is 4.39 Å². The highest BCUT2D eigenvalue weighted by molar-refractivity contribution is 9.10. The fraction of sp³-hybridized carbons (Fsp3) is 0.462. The summed E-state index contributed by atoms with van der Waals surface area (Å²) in [5, 5.41) is 11.7. The molecule has 1 aromatic carbocycles. The maximum atomic E-state index is 13.7. The Balaban J connectivity index is 1.92. The molecule has 0 aromatic heterocycles. The topological polar surface area (TPSA) is 61.9 Å². The molecule has 1 fully saturated rings. The van der Waals surface area contributed by atoms with Gasteiger partial charge in [-0.05, 0) is 38.1 Å². The number of nitrogens with zero attached hydrogens (tertiary/aromatic N) is 2. The van der Waals surface area contributed by atoms with Crippen molar-refractivity contribution in [3.05, 3.63) is 34.1 Å². The Morgan fingerprint density at radius 2 is 2.16 bits per heavy atom. The van der Waals surface area contributed by atoms with Crippen LogP contribution in [0.2, 0.25) is 0 Å². The molecule has 1 aliphatic heterocycles. The molecular weight excluding hydrogens is 313 g/mol. The summed E-state index contributed by atoms with van der Waals surface area (Å²) in [4.78, 5) is 2.19. The molecular formula is C13H17BrFN3O. The first kappa shape index (κ1) is 14.3. The lowest BCUT2D eigenvalue weighted by atomic mass is 9.95. The van der Waals surface area contributed by atoms with E-state index in [1.807, 2.05) is 6.07 Å². The monoisotopic (exact) mass is 329 g/mol. The Hall–Kier alpha value is -1.14. The zero-order valence-electron chi connectivity index (χ0n) is 10.5. The van der Waals surface area contributed by atoms with E-state index < -0.39 is 0 Å². The summed E-state index contributed by atoms with van der Waals surface area (Å²) in [6.07, 6.45) is 1.68. The summed E-state index contributed by atoms with van der Waals surface area (Å²) in [6, 6.07) is 5.13. The molecule has 6 heteroatoms. The van der Waals surface area contributed by atoms with Crippen LogP contribution in [0.4, 0.5) is 4.39 Å². The van der Waals surface area contributed by atoms with Crippen LogP contribution in [0.5, 0.6) is 0 Å². The van der Waals surface area contributed by atoms with E-state index in [4.69, 9.17) is 10.9 Å². The molecule has 0 saturated carbocycles. The van der Waals surface area contributed by atoms with E-state index in [1.54, 1.807) is 6.07 Å². The van der Waals surface area contributed by atoms with E-state index >= 15 is 0 Å². The zero-order chi connectivity index (χ0) is 13.8. The summed E-state index contributed by atoms with van der Waals surface area (Å²) in [5.74, 6) is 0.249. The third kappa shape index (κ3) is 3.67. The highest BCUT2D eigenvalue weighted by Crippen LogP contribution is 2.21. The van der Waals surface area contributed by atoms with Crippen LogP contribution in [0.15, 0.2) is 27.8 Å². The minimum Gasteiger partial charge on any atom is -0.409 e. The van der Waals surface area contributed by atoms with Crippen molar-refractivity contribution < 1.29 is 9.60 Å². The molecule has 0 unspecified atom stereocenters. The Morgan fingerprint density at radius 3 is 2.74 bits per heavy atom. The molecule has 0 amide bonds. The van der Waals surface area contributed by atoms with Crippen LogP contribution in [-0.2, 0) is 6.54 Å². The van der Waals surface area contributed by atoms with Crippen LogP contribution in [0, 0.1) is 11.7 Å². The SMILES string of the molecule is NC(=NO)C1CCN(Cc2ccc(Br)cc2F)CC1. The first-order valence-corrected chi connectivity index (χ1v) is 7.03. The second kappa shape index (κ2) is 6.34. The maximum absolute atomic E-state index is 13.7. The third-order valence-corrected chi connectivity index (χ3v) is 4.02. The quantitative estimate of drug-likeness (QED) is 0.387. The number of piperidine rings is 1. The molecule has 1 saturated heterocycles. The normalized spacial score (nSPS) is 18.7. The lowest BCUT2D eigenvalue weighted by Gasteiger charge is -2.31. The van der Waals surface area contributed by atoms with Gasteiger partial charge in [0.2, 0.25) is 0 Å². The lowest BCUT2D eigenvalue weighted by molar-refractivity contribution is 0.196. The van der Waals surface area contributed by atoms with Crippen molar-refractivity contribution in [2.75, 3.05) is 13.1 Å². The van der Waals surface area contributed by atoms with Crippen LogP contribution in [0.1, 0.15) is 18.4 Å². The van der Waals surface area contributed by atoms with Gasteiger partial charge in [0.25, 0.3) is 0 Å². The number of halogens is 2. The van der Waals surface area contributed by atoms with Gasteiger partial charge in [0, 0.05) is 22.5 Å². The predicted molar refractivity (Wildman–Crippen MR) is 75.5 cm³/mol. The van der Waals surface area contributed by atoms with Gasteiger partial charge in [0.15, 0.2) is 0 Å². The molecule has 104 valence electrons. The molecule has 0 aliphatic carbocycles. The molecule has 0 atom stereocenters. The van der Waals surface area contributed by atoms with Gasteiger partial charge in [-0.2, -0.15) is 0 Å². The highest BCUT2D eigenvalue weighted by Gasteiger charge is 2.22. The van der Waals surface area contributed by atoms with E-state index in [0.29, 0.717) is 17.9 Å². The second-order valence-corrected chi connectivity index (χ2v) is 5.73. The summed E-state index contributed by atoms with van der Waals surface area (Å²) < 4.78 is 14.5. The third-order valence-electron chi connectivity index (χ3n) is 3.53. The zero-order valence-corrected chi connectivity index (χ0v) is 12.1. The maximum Gasteiger partial charge on any atom is 0.142 e. The van der Waals surface area contributed by atoms with E-state index in [0.717, 1.165) is 30.4 Å². The second-order valence-electron chi connectivity index (χ2n) is 4.81. The van der Waals surface area contributed by atoms with E-state index in [9.17, 15) is 4.39 Å². The summed E-state index contributed by atoms with van der Waals surface area (Å²) in [7, 11) is 0. The van der Waals surface area contributed by atoms with E-state index in [2.05, 4.69) is 26.0 Å². The number of amidine groups is 1. The van der Waals surface area contributed by atoms with Crippen molar-refractivity contribution in [1.29, 1.82) is 0 Å². The van der Waals surface area contributed by atoms with Gasteiger partial charge in [0.1, 0.15) is 11.7 Å². The Morgan fingerprint density at radius 1 is 1.47 bits per heavy atom. The molecule has 0 bridgehead atoms. The molecule has 0 radical (unpaired) electrons. The number of hydrogen-bond acceptors (Lipinski definition) is 3. The van der Waals surface area contributed by atoms with Crippen LogP contribution < -0.4 is 5.73 Å². The largest absolute Gasteiger partial charge is 0.409 e. The number of rotatable bonds is 3. The molecule has 0 spiro atoms. The Kier molecular flexibility index (Phi) is 4.76. The first-order chi connectivity index (χ1) is 9.10. The number of hydrogen-bond donors (Lipinski definition) is 2. The fourth-order valence-corrected chi connectivity index (χ4v) is 2.69. The highest BCUT2D eigenvalue weighted by atomic mass is 79.9. The van der Waals surface area contributed by atoms with Crippen molar-refractivity contribution in [3.63, 3.8) is 0 Å². The Labute approximate surface area is 120 Å². The van der Waals surface area contributed by atoms with Gasteiger partial charge < -0.3 is 10.9 Å². The predicted octanol–water partition coefficient (Wildman–Crippen LogP) is 2.55. The van der Waals surface area contributed by atoms with Crippen LogP contribution >= 0.6 is 15.9 Å². The van der Waals surface area contributed by atoms with E-state index in [1.165, 1.54) is 6.07 Å². The molecule has 19 heavy (non-hydrogen) atoms. The van der Waals surface area contributed by atoms with Crippen LogP contribution in [-0.4, -0.2) is 29.0 Å². The van der Waals surface area contributed by atoms with Crippen molar-refractivity contribution in [3.8, 4) is 0 Å². The fourth-order valence-electron chi connectivity index (χ4n) is 2.36. The van der Waals surface area contributed by atoms with Gasteiger partial charge >= 0.3 is 0 Å². The van der Waals surface area contributed by atoms with Crippen molar-refractivity contribution in [2.45, 2.75) is 19.4 Å². The van der Waals surface area contributed by atoms with Crippen molar-refractivity contribution >= 4 is 21.8 Å². The molecule has 3 N–H and O–H groups in total. The molecule has 1 heterocycles. The standard InChI is InChI=1S/C13H17BrFN3O/c14-11-2-1-10(12(15)7-11)8-18-5-3-9(4-6-18)13(16)17-19/h1-2,7,9,19H,3-6,8H2,(H2,16,17). The number of benzene rings is 1. The molecule has 4 nitrogen and oxygen atoms in total. The van der Waals surface area contributed by atoms with Gasteiger partial charge in [-0.15, -0.1) is 0 Å². The minimum absolute atomic E-state index is 0.135. The van der Waals surface area contributed by atoms with E-state index in [-0.39, 0.29) is 11.7 Å². The summed E-state index contributed by atoms with van der Waals surface area (Å²) >= 11 is 3.25. The van der Waals surface area contributed by atoms with Gasteiger partial charge in [0.05, 0.1) is 0 Å². The molecule has 1 aliphatic rings. The summed E-state index contributed by atoms with van der Waals surface area (Å²) in [5.41, 5.74) is 6.30. The minimum atomic E-state index is -0.187. The average molecular weight is 330 g/mol. The smallest absolute Gasteiger partial charge is 0.142 e. The molecule has 2 rings (SSSR count). The van der Waals surface area contributed by atoms with Crippen molar-refractivity contribution in [1.82, 2.24) is 4.90 Å². The summed E-state index contributed by atoms with van der Waals surface area (Å²) in [6.45, 7) is 2.26. The van der Waals surface area contributed by atoms with Gasteiger partial charge in [-0.1, -0.05) is 27.2 Å². The van der Waals surface area contributed by atoms with Crippen LogP contribution in [0.3, 0.4) is 0 Å². The average Bonchev–Trinajstić information content (AvgIpc) is 2.42. The number of likely N-dealkylation sites (tertiary alicyclic amines) is 1. The van der Waals surface area contributed by atoms with Crippen LogP contribution in [0.25, 0.3) is 0 Å². The lowest BCUT2D eigenvalue weighted by Crippen LogP contribution is -2.38. The number of oxime groups is 1.